The molecule has 0 aliphatic carbocycles. The van der Waals surface area contributed by atoms with E-state index in [1.165, 1.54) is 36.8 Å². The zero-order valence-electron chi connectivity index (χ0n) is 13.6. The minimum absolute atomic E-state index is 0.0889. The smallest absolute Gasteiger partial charge is 0.294 e. The highest BCUT2D eigenvalue weighted by molar-refractivity contribution is 6.20. The number of rotatable bonds is 4. The van der Waals surface area contributed by atoms with Gasteiger partial charge < -0.3 is 13.9 Å². The van der Waals surface area contributed by atoms with Crippen LogP contribution in [0.2, 0.25) is 0 Å². The number of aliphatic hydroxyl groups is 1. The monoisotopic (exact) mass is 371 g/mol. The summed E-state index contributed by atoms with van der Waals surface area (Å²) in [7, 11) is 0. The third-order valence-electron chi connectivity index (χ3n) is 4.18. The fraction of sp³-hybridized carbons (Fsp3) is 0.0526. The third-order valence-corrected chi connectivity index (χ3v) is 4.18. The van der Waals surface area contributed by atoms with Crippen molar-refractivity contribution in [1.82, 2.24) is 0 Å². The topological polar surface area (TPSA) is 83.9 Å². The Kier molecular flexibility index (Phi) is 3.88. The number of hydrogen-bond acceptors (Lipinski definition) is 5. The zero-order valence-corrected chi connectivity index (χ0v) is 13.6. The lowest BCUT2D eigenvalue weighted by molar-refractivity contribution is -0.117. The molecule has 0 spiro atoms. The van der Waals surface area contributed by atoms with E-state index in [0.29, 0.717) is 0 Å². The van der Waals surface area contributed by atoms with E-state index < -0.39 is 40.8 Å². The predicted octanol–water partition coefficient (Wildman–Crippen LogP) is 3.93. The molecule has 1 unspecified atom stereocenters. The maximum atomic E-state index is 14.3. The Hall–Kier alpha value is -3.68. The molecule has 0 saturated heterocycles. The highest BCUT2D eigenvalue weighted by Gasteiger charge is 2.47. The molecule has 0 saturated carbocycles. The summed E-state index contributed by atoms with van der Waals surface area (Å²) < 4.78 is 38.4. The summed E-state index contributed by atoms with van der Waals surface area (Å²) in [5, 5.41) is 10.4. The van der Waals surface area contributed by atoms with Crippen LogP contribution in [0.25, 0.3) is 0 Å². The number of anilines is 1. The Bertz CT molecular complexity index is 1050. The second-order valence-electron chi connectivity index (χ2n) is 5.76. The summed E-state index contributed by atoms with van der Waals surface area (Å²) in [6, 6.07) is 7.04. The fourth-order valence-corrected chi connectivity index (χ4v) is 3.01. The maximum Gasteiger partial charge on any atom is 0.294 e. The number of halogens is 2. The Morgan fingerprint density at radius 1 is 1.07 bits per heavy atom. The van der Waals surface area contributed by atoms with Crippen molar-refractivity contribution in [2.75, 3.05) is 4.90 Å². The van der Waals surface area contributed by atoms with E-state index in [9.17, 15) is 23.5 Å². The van der Waals surface area contributed by atoms with Gasteiger partial charge in [-0.2, -0.15) is 0 Å². The molecule has 1 aliphatic heterocycles. The van der Waals surface area contributed by atoms with Crippen LogP contribution < -0.4 is 4.90 Å². The molecule has 3 aromatic rings. The van der Waals surface area contributed by atoms with Crippen LogP contribution in [0.1, 0.15) is 22.4 Å². The number of benzene rings is 1. The summed E-state index contributed by atoms with van der Waals surface area (Å²) in [6.07, 6.45) is 2.55. The molecule has 1 atom stereocenters. The minimum Gasteiger partial charge on any atom is -0.503 e. The van der Waals surface area contributed by atoms with Gasteiger partial charge in [0, 0.05) is 6.07 Å². The Morgan fingerprint density at radius 2 is 1.81 bits per heavy atom. The van der Waals surface area contributed by atoms with Crippen LogP contribution in [-0.2, 0) is 4.79 Å². The number of carbonyl (C=O) groups excluding carboxylic acids is 2. The van der Waals surface area contributed by atoms with E-state index in [1.807, 2.05) is 0 Å². The van der Waals surface area contributed by atoms with Gasteiger partial charge in [0.2, 0.25) is 5.78 Å². The maximum absolute atomic E-state index is 14.3. The molecule has 0 fully saturated rings. The van der Waals surface area contributed by atoms with Crippen LogP contribution >= 0.6 is 0 Å². The van der Waals surface area contributed by atoms with Crippen LogP contribution in [0.4, 0.5) is 14.5 Å². The molecule has 0 radical (unpaired) electrons. The first-order chi connectivity index (χ1) is 13.0. The molecule has 3 heterocycles. The Morgan fingerprint density at radius 3 is 2.48 bits per heavy atom. The molecule has 6 nitrogen and oxygen atoms in total. The molecule has 136 valence electrons. The van der Waals surface area contributed by atoms with Gasteiger partial charge in [0.05, 0.1) is 23.8 Å². The van der Waals surface area contributed by atoms with E-state index in [2.05, 4.69) is 0 Å². The average molecular weight is 371 g/mol. The minimum atomic E-state index is -1.29. The van der Waals surface area contributed by atoms with Gasteiger partial charge in [-0.1, -0.05) is 0 Å². The SMILES string of the molecule is O=C(C1=C(O)C(=O)N(c2cc(F)ccc2F)C1c1ccco1)c1ccco1. The summed E-state index contributed by atoms with van der Waals surface area (Å²) in [4.78, 5) is 26.2. The van der Waals surface area contributed by atoms with Crippen molar-refractivity contribution in [3.8, 4) is 0 Å². The van der Waals surface area contributed by atoms with Gasteiger partial charge >= 0.3 is 0 Å². The lowest BCUT2D eigenvalue weighted by Crippen LogP contribution is -2.31. The molecular weight excluding hydrogens is 360 g/mol. The van der Waals surface area contributed by atoms with E-state index >= 15 is 0 Å². The zero-order chi connectivity index (χ0) is 19.1. The number of amides is 1. The second kappa shape index (κ2) is 6.24. The Balaban J connectivity index is 1.90. The number of aliphatic hydroxyl groups excluding tert-OH is 1. The predicted molar refractivity (Wildman–Crippen MR) is 88.0 cm³/mol. The van der Waals surface area contributed by atoms with Gasteiger partial charge in [0.25, 0.3) is 5.91 Å². The average Bonchev–Trinajstić information content (AvgIpc) is 3.39. The van der Waals surface area contributed by atoms with E-state index in [4.69, 9.17) is 8.83 Å². The summed E-state index contributed by atoms with van der Waals surface area (Å²) in [5.74, 6) is -4.44. The van der Waals surface area contributed by atoms with Gasteiger partial charge in [-0.25, -0.2) is 8.78 Å². The van der Waals surface area contributed by atoms with Crippen LogP contribution in [0, 0.1) is 11.6 Å². The van der Waals surface area contributed by atoms with Gasteiger partial charge in [-0.15, -0.1) is 0 Å². The highest BCUT2D eigenvalue weighted by atomic mass is 19.1. The van der Waals surface area contributed by atoms with Gasteiger partial charge in [0.1, 0.15) is 23.4 Å². The molecule has 0 bridgehead atoms. The van der Waals surface area contributed by atoms with Crippen LogP contribution in [0.5, 0.6) is 0 Å². The van der Waals surface area contributed by atoms with Crippen molar-refractivity contribution in [1.29, 1.82) is 0 Å². The highest BCUT2D eigenvalue weighted by Crippen LogP contribution is 2.42. The lowest BCUT2D eigenvalue weighted by atomic mass is 9.99. The van der Waals surface area contributed by atoms with Crippen molar-refractivity contribution in [3.05, 3.63) is 89.5 Å². The first-order valence-electron chi connectivity index (χ1n) is 7.82. The number of hydrogen-bond donors (Lipinski definition) is 1. The molecule has 1 amide bonds. The van der Waals surface area contributed by atoms with Gasteiger partial charge in [0.15, 0.2) is 11.5 Å². The molecule has 4 rings (SSSR count). The molecule has 2 aromatic heterocycles. The van der Waals surface area contributed by atoms with Crippen molar-refractivity contribution >= 4 is 17.4 Å². The first kappa shape index (κ1) is 16.8. The van der Waals surface area contributed by atoms with Gasteiger partial charge in [-0.3, -0.25) is 14.5 Å². The molecule has 1 aromatic carbocycles. The van der Waals surface area contributed by atoms with E-state index in [-0.39, 0.29) is 17.1 Å². The lowest BCUT2D eigenvalue weighted by Gasteiger charge is -2.25. The summed E-state index contributed by atoms with van der Waals surface area (Å²) >= 11 is 0. The van der Waals surface area contributed by atoms with Crippen LogP contribution in [0.3, 0.4) is 0 Å². The standard InChI is InChI=1S/C19H11F2NO5/c20-10-5-6-11(21)12(9-10)22-16(13-3-1-7-26-13)15(18(24)19(22)25)17(23)14-4-2-8-27-14/h1-9,16,24H. The van der Waals surface area contributed by atoms with Crippen LogP contribution in [-0.4, -0.2) is 16.8 Å². The molecular formula is C19H11F2NO5. The third kappa shape index (κ3) is 2.62. The molecule has 1 N–H and O–H groups in total. The van der Waals surface area contributed by atoms with Crippen LogP contribution in [0.15, 0.2) is 75.2 Å². The quantitative estimate of drug-likeness (QED) is 0.703. The molecule has 8 heteroatoms. The van der Waals surface area contributed by atoms with Crippen molar-refractivity contribution in [2.45, 2.75) is 6.04 Å². The number of furan rings is 2. The van der Waals surface area contributed by atoms with E-state index in [0.717, 1.165) is 23.1 Å². The number of Topliss-reactive ketones (excluding diaryl/α,β-unsaturated/α-hetero) is 1. The fourth-order valence-electron chi connectivity index (χ4n) is 3.01. The number of carbonyl (C=O) groups is 2. The van der Waals surface area contributed by atoms with Crippen molar-refractivity contribution < 1.29 is 32.3 Å². The number of nitrogens with zero attached hydrogens (tertiary/aromatic N) is 1. The Labute approximate surface area is 150 Å². The van der Waals surface area contributed by atoms with E-state index in [1.54, 1.807) is 0 Å². The molecule has 1 aliphatic rings. The van der Waals surface area contributed by atoms with Crippen molar-refractivity contribution in [2.24, 2.45) is 0 Å². The first-order valence-corrected chi connectivity index (χ1v) is 7.82. The van der Waals surface area contributed by atoms with Crippen molar-refractivity contribution in [3.63, 3.8) is 0 Å². The second-order valence-corrected chi connectivity index (χ2v) is 5.76. The largest absolute Gasteiger partial charge is 0.503 e. The van der Waals surface area contributed by atoms with Gasteiger partial charge in [-0.05, 0) is 36.4 Å². The number of ketones is 1. The molecule has 27 heavy (non-hydrogen) atoms. The summed E-state index contributed by atoms with van der Waals surface area (Å²) in [5.41, 5.74) is -0.788. The summed E-state index contributed by atoms with van der Waals surface area (Å²) in [6.45, 7) is 0. The normalized spacial score (nSPS) is 17.0.